The molecule has 7 nitrogen and oxygen atoms in total. The van der Waals surface area contributed by atoms with Crippen LogP contribution in [0.5, 0.6) is 0 Å². The zero-order valence-corrected chi connectivity index (χ0v) is 9.71. The van der Waals surface area contributed by atoms with Crippen molar-refractivity contribution in [2.45, 2.75) is 13.0 Å². The maximum Gasteiger partial charge on any atom is 0.314 e. The monoisotopic (exact) mass is 241 g/mol. The minimum Gasteiger partial charge on any atom is -0.394 e. The smallest absolute Gasteiger partial charge is 0.314 e. The molecule has 1 aromatic rings. The summed E-state index contributed by atoms with van der Waals surface area (Å²) in [6.45, 7) is 1.68. The van der Waals surface area contributed by atoms with Crippen LogP contribution in [0, 0.1) is 17.0 Å². The first kappa shape index (κ1) is 13.3. The molecule has 0 aliphatic heterocycles. The summed E-state index contributed by atoms with van der Waals surface area (Å²) in [5.74, 6) is 0.145. The molecule has 0 bridgehead atoms. The van der Waals surface area contributed by atoms with E-state index in [4.69, 9.17) is 9.84 Å². The number of aromatic nitrogens is 1. The van der Waals surface area contributed by atoms with Gasteiger partial charge < -0.3 is 15.2 Å². The van der Waals surface area contributed by atoms with Gasteiger partial charge in [-0.05, 0) is 13.0 Å². The third kappa shape index (κ3) is 3.36. The number of aliphatic hydroxyl groups is 1. The Bertz CT molecular complexity index is 397. The molecule has 1 rings (SSSR count). The minimum atomic E-state index is -0.494. The third-order valence-electron chi connectivity index (χ3n) is 2.24. The van der Waals surface area contributed by atoms with E-state index in [0.717, 1.165) is 0 Å². The summed E-state index contributed by atoms with van der Waals surface area (Å²) in [7, 11) is 1.49. The first-order valence-corrected chi connectivity index (χ1v) is 5.06. The Balaban J connectivity index is 2.97. The largest absolute Gasteiger partial charge is 0.394 e. The second-order valence-electron chi connectivity index (χ2n) is 3.56. The summed E-state index contributed by atoms with van der Waals surface area (Å²) in [4.78, 5) is 14.3. The van der Waals surface area contributed by atoms with Crippen molar-refractivity contribution in [1.29, 1.82) is 0 Å². The van der Waals surface area contributed by atoms with Crippen molar-refractivity contribution in [3.63, 3.8) is 0 Å². The van der Waals surface area contributed by atoms with Gasteiger partial charge >= 0.3 is 5.69 Å². The van der Waals surface area contributed by atoms with Gasteiger partial charge in [0.2, 0.25) is 5.82 Å². The predicted octanol–water partition coefficient (Wildman–Crippen LogP) is 0.717. The second kappa shape index (κ2) is 6.12. The van der Waals surface area contributed by atoms with Crippen molar-refractivity contribution < 1.29 is 14.8 Å². The number of anilines is 1. The molecule has 0 saturated carbocycles. The fraction of sp³-hybridized carbons (Fsp3) is 0.500. The summed E-state index contributed by atoms with van der Waals surface area (Å²) in [5, 5.41) is 22.8. The van der Waals surface area contributed by atoms with E-state index in [1.54, 1.807) is 13.0 Å². The summed E-state index contributed by atoms with van der Waals surface area (Å²) in [5.41, 5.74) is 0.434. The van der Waals surface area contributed by atoms with Crippen molar-refractivity contribution in [1.82, 2.24) is 4.98 Å². The molecular weight excluding hydrogens is 226 g/mol. The number of ether oxygens (including phenoxy) is 1. The molecule has 17 heavy (non-hydrogen) atoms. The second-order valence-corrected chi connectivity index (χ2v) is 3.56. The van der Waals surface area contributed by atoms with Crippen LogP contribution in [-0.2, 0) is 4.74 Å². The highest BCUT2D eigenvalue weighted by Gasteiger charge is 2.20. The number of aliphatic hydroxyl groups excluding tert-OH is 1. The van der Waals surface area contributed by atoms with Crippen LogP contribution < -0.4 is 5.32 Å². The summed E-state index contributed by atoms with van der Waals surface area (Å²) >= 11 is 0. The predicted molar refractivity (Wildman–Crippen MR) is 62.0 cm³/mol. The lowest BCUT2D eigenvalue weighted by Gasteiger charge is -2.15. The average molecular weight is 241 g/mol. The van der Waals surface area contributed by atoms with E-state index in [1.165, 1.54) is 13.3 Å². The average Bonchev–Trinajstić information content (AvgIpc) is 2.28. The van der Waals surface area contributed by atoms with Gasteiger partial charge in [0, 0.05) is 18.9 Å². The van der Waals surface area contributed by atoms with Gasteiger partial charge in [-0.15, -0.1) is 0 Å². The number of nitro groups is 1. The molecule has 0 saturated heterocycles. The van der Waals surface area contributed by atoms with Gasteiger partial charge in [-0.1, -0.05) is 0 Å². The van der Waals surface area contributed by atoms with Gasteiger partial charge in [-0.3, -0.25) is 10.1 Å². The third-order valence-corrected chi connectivity index (χ3v) is 2.24. The van der Waals surface area contributed by atoms with E-state index in [-0.39, 0.29) is 24.7 Å². The number of hydrogen-bond donors (Lipinski definition) is 2. The lowest BCUT2D eigenvalue weighted by Crippen LogP contribution is -2.29. The number of pyridine rings is 1. The van der Waals surface area contributed by atoms with Crippen molar-refractivity contribution >= 4 is 11.5 Å². The SMILES string of the molecule is COCC(CO)Nc1nccc(C)c1[N+](=O)[O-]. The number of nitrogens with one attached hydrogen (secondary N) is 1. The summed E-state index contributed by atoms with van der Waals surface area (Å²) in [6, 6.07) is 1.14. The first-order valence-electron chi connectivity index (χ1n) is 5.06. The number of methoxy groups -OCH3 is 1. The van der Waals surface area contributed by atoms with Crippen LogP contribution in [0.2, 0.25) is 0 Å². The lowest BCUT2D eigenvalue weighted by molar-refractivity contribution is -0.384. The standard InChI is InChI=1S/C10H15N3O4/c1-7-3-4-11-10(9(7)13(15)16)12-8(5-14)6-17-2/h3-4,8,14H,5-6H2,1-2H3,(H,11,12). The van der Waals surface area contributed by atoms with Gasteiger partial charge in [0.25, 0.3) is 0 Å². The van der Waals surface area contributed by atoms with Crippen molar-refractivity contribution in [2.24, 2.45) is 0 Å². The Morgan fingerprint density at radius 3 is 2.94 bits per heavy atom. The van der Waals surface area contributed by atoms with E-state index in [2.05, 4.69) is 10.3 Å². The van der Waals surface area contributed by atoms with Crippen LogP contribution in [0.4, 0.5) is 11.5 Å². The molecule has 1 unspecified atom stereocenters. The molecule has 0 aliphatic rings. The lowest BCUT2D eigenvalue weighted by atomic mass is 10.2. The first-order chi connectivity index (χ1) is 8.10. The minimum absolute atomic E-state index is 0.0814. The van der Waals surface area contributed by atoms with Crippen molar-refractivity contribution in [3.05, 3.63) is 27.9 Å². The molecular formula is C10H15N3O4. The quantitative estimate of drug-likeness (QED) is 0.562. The van der Waals surface area contributed by atoms with Gasteiger partial charge in [0.1, 0.15) is 0 Å². The topological polar surface area (TPSA) is 97.5 Å². The molecule has 0 spiro atoms. The Labute approximate surface area is 98.6 Å². The molecule has 0 radical (unpaired) electrons. The van der Waals surface area contributed by atoms with Crippen molar-refractivity contribution in [2.75, 3.05) is 25.6 Å². The van der Waals surface area contributed by atoms with E-state index in [1.807, 2.05) is 0 Å². The van der Waals surface area contributed by atoms with E-state index in [0.29, 0.717) is 5.56 Å². The molecule has 1 heterocycles. The Kier molecular flexibility index (Phi) is 4.80. The number of rotatable bonds is 6. The Morgan fingerprint density at radius 1 is 1.71 bits per heavy atom. The van der Waals surface area contributed by atoms with Crippen LogP contribution in [0.15, 0.2) is 12.3 Å². The highest BCUT2D eigenvalue weighted by Crippen LogP contribution is 2.25. The number of aryl methyl sites for hydroxylation is 1. The van der Waals surface area contributed by atoms with Crippen LogP contribution in [-0.4, -0.2) is 41.4 Å². The number of nitrogens with zero attached hydrogens (tertiary/aromatic N) is 2. The van der Waals surface area contributed by atoms with Gasteiger partial charge in [-0.2, -0.15) is 0 Å². The molecule has 0 aromatic carbocycles. The highest BCUT2D eigenvalue weighted by atomic mass is 16.6. The fourth-order valence-electron chi connectivity index (χ4n) is 1.42. The molecule has 0 amide bonds. The van der Waals surface area contributed by atoms with E-state index in [9.17, 15) is 10.1 Å². The Morgan fingerprint density at radius 2 is 2.41 bits per heavy atom. The number of hydrogen-bond acceptors (Lipinski definition) is 6. The molecule has 0 aliphatic carbocycles. The van der Waals surface area contributed by atoms with E-state index < -0.39 is 11.0 Å². The van der Waals surface area contributed by atoms with Gasteiger partial charge in [0.15, 0.2) is 0 Å². The maximum absolute atomic E-state index is 10.9. The van der Waals surface area contributed by atoms with Crippen LogP contribution in [0.25, 0.3) is 0 Å². The van der Waals surface area contributed by atoms with Gasteiger partial charge in [-0.25, -0.2) is 4.98 Å². The maximum atomic E-state index is 10.9. The Hall–Kier alpha value is -1.73. The molecule has 0 fully saturated rings. The van der Waals surface area contributed by atoms with Crippen molar-refractivity contribution in [3.8, 4) is 0 Å². The van der Waals surface area contributed by atoms with Gasteiger partial charge in [0.05, 0.1) is 24.2 Å². The zero-order valence-electron chi connectivity index (χ0n) is 9.71. The van der Waals surface area contributed by atoms with E-state index >= 15 is 0 Å². The molecule has 1 atom stereocenters. The highest BCUT2D eigenvalue weighted by molar-refractivity contribution is 5.60. The summed E-state index contributed by atoms with van der Waals surface area (Å²) < 4.78 is 4.88. The van der Waals surface area contributed by atoms with Crippen LogP contribution >= 0.6 is 0 Å². The normalized spacial score (nSPS) is 12.2. The fourth-order valence-corrected chi connectivity index (χ4v) is 1.42. The summed E-state index contributed by atoms with van der Waals surface area (Å²) in [6.07, 6.45) is 1.48. The van der Waals surface area contributed by atoms with Crippen LogP contribution in [0.1, 0.15) is 5.56 Å². The molecule has 7 heteroatoms. The molecule has 94 valence electrons. The molecule has 2 N–H and O–H groups in total. The van der Waals surface area contributed by atoms with Crippen LogP contribution in [0.3, 0.4) is 0 Å². The molecule has 1 aromatic heterocycles. The zero-order chi connectivity index (χ0) is 12.8.